The van der Waals surface area contributed by atoms with Crippen LogP contribution in [-0.2, 0) is 28.5 Å². The van der Waals surface area contributed by atoms with E-state index in [0.717, 1.165) is 22.7 Å². The third-order valence-corrected chi connectivity index (χ3v) is 9.27. The lowest BCUT2D eigenvalue weighted by Crippen LogP contribution is -2.39. The maximum Gasteiger partial charge on any atom is 0.492 e. The zero-order chi connectivity index (χ0) is 36.0. The van der Waals surface area contributed by atoms with E-state index in [2.05, 4.69) is 31.0 Å². The van der Waals surface area contributed by atoms with Gasteiger partial charge in [-0.3, -0.25) is 19.2 Å². The molecule has 0 bridgehead atoms. The Morgan fingerprint density at radius 3 is 1.44 bits per heavy atom. The van der Waals surface area contributed by atoms with Crippen LogP contribution in [0.5, 0.6) is 21.9 Å². The lowest BCUT2D eigenvalue weighted by atomic mass is 9.73. The number of anilines is 2. The number of aromatic nitrogens is 4. The minimum absolute atomic E-state index is 0.0741. The second-order valence-corrected chi connectivity index (χ2v) is 13.2. The molecule has 2 aromatic heterocycles. The molecular formula is C28H26B2N6O12S2. The lowest BCUT2D eigenvalue weighted by molar-refractivity contribution is -0.163. The van der Waals surface area contributed by atoms with Gasteiger partial charge in [0.1, 0.15) is 23.3 Å². The summed E-state index contributed by atoms with van der Waals surface area (Å²) in [5, 5.41) is 63.7. The summed E-state index contributed by atoms with van der Waals surface area (Å²) in [6.45, 7) is 5.85. The highest BCUT2D eigenvalue weighted by molar-refractivity contribution is 7.17. The average Bonchev–Trinajstić information content (AvgIpc) is 3.78. The van der Waals surface area contributed by atoms with Crippen LogP contribution in [0.3, 0.4) is 0 Å². The van der Waals surface area contributed by atoms with Gasteiger partial charge in [0.05, 0.1) is 12.2 Å². The van der Waals surface area contributed by atoms with Crippen LogP contribution in [0, 0.1) is 25.7 Å². The summed E-state index contributed by atoms with van der Waals surface area (Å²) < 4.78 is 23.0. The lowest BCUT2D eigenvalue weighted by Gasteiger charge is -2.31. The van der Waals surface area contributed by atoms with Gasteiger partial charge in [-0.25, -0.2) is 0 Å². The SMILES string of the molecule is CC(=O)Nc1nnc(Oc2cc(C)c3c(c2)B(O)OC3C(C(=O)O)C(C(=O)O)C2OB(O)c3cc(Oc4nnc(NC(C)=O)s4)cc(C)c32)s1. The number of carbonyl (C=O) groups excluding carboxylic acids is 2. The molecule has 4 heterocycles. The van der Waals surface area contributed by atoms with Crippen LogP contribution < -0.4 is 31.0 Å². The molecular weight excluding hydrogens is 698 g/mol. The van der Waals surface area contributed by atoms with Crippen molar-refractivity contribution in [3.63, 3.8) is 0 Å². The predicted molar refractivity (Wildman–Crippen MR) is 176 cm³/mol. The molecule has 2 aromatic carbocycles. The third-order valence-electron chi connectivity index (χ3n) is 7.84. The van der Waals surface area contributed by atoms with E-state index in [0.29, 0.717) is 11.1 Å². The summed E-state index contributed by atoms with van der Waals surface area (Å²) >= 11 is 1.90. The quantitative estimate of drug-likeness (QED) is 0.118. The number of benzene rings is 2. The molecule has 2 aliphatic heterocycles. The van der Waals surface area contributed by atoms with Crippen molar-refractivity contribution >= 4 is 81.9 Å². The number of carboxylic acid groups (broad SMARTS) is 2. The minimum Gasteiger partial charge on any atom is -0.481 e. The molecule has 50 heavy (non-hydrogen) atoms. The van der Waals surface area contributed by atoms with Crippen molar-refractivity contribution in [1.29, 1.82) is 0 Å². The highest BCUT2D eigenvalue weighted by Gasteiger charge is 2.54. The van der Waals surface area contributed by atoms with Gasteiger partial charge in [0, 0.05) is 13.8 Å². The maximum atomic E-state index is 12.9. The number of hydrogen-bond donors (Lipinski definition) is 6. The molecule has 4 unspecified atom stereocenters. The maximum absolute atomic E-state index is 12.9. The molecule has 2 amide bonds. The van der Waals surface area contributed by atoms with Gasteiger partial charge in [-0.2, -0.15) is 0 Å². The standard InChI is InChI=1S/C28H26B2N6O12S2/c1-9-5-13(45-27-35-33-25(49-27)31-11(3)37)7-15-17(9)21(47-29(15)43)19(23(39)40)20(24(41)42)22-18-10(2)6-14(8-16(18)30(44)48-22)46-28-36-34-26(50-28)32-12(4)38/h5-8,19-22,43-44H,1-4H3,(H,39,40)(H,41,42)(H,31,33,37)(H,32,34,38). The second-order valence-electron chi connectivity index (χ2n) is 11.3. The molecule has 4 atom stereocenters. The summed E-state index contributed by atoms with van der Waals surface area (Å²) in [6.07, 6.45) is -2.91. The van der Waals surface area contributed by atoms with E-state index < -0.39 is 50.2 Å². The number of aliphatic carboxylic acids is 2. The third kappa shape index (κ3) is 6.88. The molecule has 0 saturated heterocycles. The van der Waals surface area contributed by atoms with Crippen molar-refractivity contribution in [2.24, 2.45) is 11.8 Å². The van der Waals surface area contributed by atoms with Gasteiger partial charge < -0.3 is 49.7 Å². The van der Waals surface area contributed by atoms with E-state index in [1.807, 2.05) is 0 Å². The molecule has 0 aliphatic carbocycles. The second kappa shape index (κ2) is 13.7. The molecule has 4 aromatic rings. The number of aryl methyl sites for hydroxylation is 2. The topological polar surface area (TPSA) is 262 Å². The molecule has 18 nitrogen and oxygen atoms in total. The number of hydrogen-bond acceptors (Lipinski definition) is 16. The fourth-order valence-electron chi connectivity index (χ4n) is 6.02. The number of nitrogens with one attached hydrogen (secondary N) is 2. The molecule has 0 spiro atoms. The first-order chi connectivity index (χ1) is 23.7. The van der Waals surface area contributed by atoms with Crippen LogP contribution in [0.4, 0.5) is 10.3 Å². The summed E-state index contributed by atoms with van der Waals surface area (Å²) in [6, 6.07) is 5.90. The van der Waals surface area contributed by atoms with Crippen LogP contribution in [-0.4, -0.2) is 78.6 Å². The smallest absolute Gasteiger partial charge is 0.481 e. The zero-order valence-corrected chi connectivity index (χ0v) is 28.1. The van der Waals surface area contributed by atoms with E-state index in [4.69, 9.17) is 18.8 Å². The van der Waals surface area contributed by atoms with Crippen LogP contribution in [0.1, 0.15) is 48.3 Å². The van der Waals surface area contributed by atoms with Gasteiger partial charge in [-0.1, -0.05) is 10.2 Å². The fourth-order valence-corrected chi connectivity index (χ4v) is 7.35. The van der Waals surface area contributed by atoms with Crippen molar-refractivity contribution in [3.8, 4) is 21.9 Å². The monoisotopic (exact) mass is 724 g/mol. The molecule has 0 saturated carbocycles. The number of amides is 2. The first-order valence-electron chi connectivity index (χ1n) is 14.7. The Bertz CT molecular complexity index is 1890. The van der Waals surface area contributed by atoms with E-state index in [1.54, 1.807) is 13.8 Å². The summed E-state index contributed by atoms with van der Waals surface area (Å²) in [7, 11) is -3.29. The first-order valence-corrected chi connectivity index (χ1v) is 16.3. The Labute approximate surface area is 290 Å². The Morgan fingerprint density at radius 1 is 0.720 bits per heavy atom. The van der Waals surface area contributed by atoms with Crippen LogP contribution in [0.2, 0.25) is 0 Å². The van der Waals surface area contributed by atoms with Crippen molar-refractivity contribution in [1.82, 2.24) is 20.4 Å². The van der Waals surface area contributed by atoms with Gasteiger partial charge in [0.2, 0.25) is 22.1 Å². The zero-order valence-electron chi connectivity index (χ0n) is 26.4. The number of nitrogens with zero attached hydrogens (tertiary/aromatic N) is 4. The van der Waals surface area contributed by atoms with Crippen molar-refractivity contribution in [3.05, 3.63) is 46.5 Å². The highest BCUT2D eigenvalue weighted by Crippen LogP contribution is 2.46. The Balaban J connectivity index is 1.30. The van der Waals surface area contributed by atoms with Crippen LogP contribution in [0.25, 0.3) is 0 Å². The molecule has 258 valence electrons. The average molecular weight is 724 g/mol. The number of ether oxygens (including phenoxy) is 2. The minimum atomic E-state index is -1.82. The first kappa shape index (κ1) is 34.9. The van der Waals surface area contributed by atoms with Gasteiger partial charge in [0.15, 0.2) is 0 Å². The van der Waals surface area contributed by atoms with Crippen molar-refractivity contribution < 1.29 is 58.2 Å². The van der Waals surface area contributed by atoms with Gasteiger partial charge >= 0.3 is 36.6 Å². The number of fused-ring (bicyclic) bond motifs is 2. The van der Waals surface area contributed by atoms with Crippen LogP contribution >= 0.6 is 22.7 Å². The fraction of sp³-hybridized carbons (Fsp3) is 0.286. The van der Waals surface area contributed by atoms with Gasteiger partial charge in [-0.05, 0) is 94.0 Å². The number of rotatable bonds is 11. The molecule has 22 heteroatoms. The molecule has 6 N–H and O–H groups in total. The van der Waals surface area contributed by atoms with Crippen LogP contribution in [0.15, 0.2) is 24.3 Å². The Hall–Kier alpha value is -4.99. The van der Waals surface area contributed by atoms with Crippen molar-refractivity contribution in [2.75, 3.05) is 10.6 Å². The number of carbonyl (C=O) groups is 4. The molecule has 6 rings (SSSR count). The summed E-state index contributed by atoms with van der Waals surface area (Å²) in [5.74, 6) is -7.03. The normalized spacial score (nSPS) is 17.5. The molecule has 2 aliphatic rings. The largest absolute Gasteiger partial charge is 0.492 e. The van der Waals surface area contributed by atoms with E-state index in [9.17, 15) is 39.4 Å². The van der Waals surface area contributed by atoms with Gasteiger partial charge in [0.25, 0.3) is 0 Å². The summed E-state index contributed by atoms with van der Waals surface area (Å²) in [5.41, 5.74) is 1.63. The predicted octanol–water partition coefficient (Wildman–Crippen LogP) is 1.13. The van der Waals surface area contributed by atoms with E-state index >= 15 is 0 Å². The highest BCUT2D eigenvalue weighted by atomic mass is 32.1. The van der Waals surface area contributed by atoms with Crippen molar-refractivity contribution in [2.45, 2.75) is 39.9 Å². The molecule has 0 radical (unpaired) electrons. The summed E-state index contributed by atoms with van der Waals surface area (Å²) in [4.78, 5) is 48.5. The Kier molecular flexibility index (Phi) is 9.57. The van der Waals surface area contributed by atoms with E-state index in [1.165, 1.54) is 38.1 Å². The number of carboxylic acids is 2. The molecule has 0 fully saturated rings. The van der Waals surface area contributed by atoms with E-state index in [-0.39, 0.29) is 66.0 Å². The Morgan fingerprint density at radius 2 is 1.10 bits per heavy atom. The van der Waals surface area contributed by atoms with Gasteiger partial charge in [-0.15, -0.1) is 10.2 Å².